The molecule has 1 aromatic rings. The molecule has 0 saturated heterocycles. The van der Waals surface area contributed by atoms with E-state index in [1.165, 1.54) is 17.2 Å². The van der Waals surface area contributed by atoms with Crippen LogP contribution in [0.4, 0.5) is 0 Å². The number of carbonyl (C=O) groups is 1. The second kappa shape index (κ2) is 6.32. The minimum Gasteiger partial charge on any atom is -0.497 e. The van der Waals surface area contributed by atoms with Crippen molar-refractivity contribution in [2.45, 2.75) is 12.7 Å². The minimum absolute atomic E-state index is 0.0132. The lowest BCUT2D eigenvalue weighted by Gasteiger charge is -2.25. The summed E-state index contributed by atoms with van der Waals surface area (Å²) in [7, 11) is 3.18. The van der Waals surface area contributed by atoms with E-state index < -0.39 is 12.1 Å². The number of benzene rings is 1. The number of carboxylic acids is 1. The SMILES string of the molecule is COc1ccc(COC2=CN(C)C(C(=O)O)=CC2O)cc1. The van der Waals surface area contributed by atoms with Gasteiger partial charge in [0.1, 0.15) is 29.9 Å². The summed E-state index contributed by atoms with van der Waals surface area (Å²) < 4.78 is 10.6. The van der Waals surface area contributed by atoms with Crippen molar-refractivity contribution in [3.05, 3.63) is 53.6 Å². The van der Waals surface area contributed by atoms with E-state index in [1.807, 2.05) is 24.3 Å². The summed E-state index contributed by atoms with van der Waals surface area (Å²) in [6, 6.07) is 7.35. The van der Waals surface area contributed by atoms with Crippen molar-refractivity contribution < 1.29 is 24.5 Å². The molecule has 0 radical (unpaired) electrons. The van der Waals surface area contributed by atoms with Gasteiger partial charge in [-0.3, -0.25) is 0 Å². The van der Waals surface area contributed by atoms with Gasteiger partial charge in [0.15, 0.2) is 0 Å². The number of aliphatic carboxylic acids is 1. The summed E-state index contributed by atoms with van der Waals surface area (Å²) in [5.74, 6) is -0.0373. The Kier molecular flexibility index (Phi) is 4.49. The molecule has 2 N–H and O–H groups in total. The van der Waals surface area contributed by atoms with E-state index in [0.717, 1.165) is 11.3 Å². The molecule has 1 aliphatic heterocycles. The van der Waals surface area contributed by atoms with E-state index >= 15 is 0 Å². The van der Waals surface area contributed by atoms with E-state index in [4.69, 9.17) is 14.6 Å². The van der Waals surface area contributed by atoms with Crippen molar-refractivity contribution in [2.24, 2.45) is 0 Å². The first-order valence-corrected chi connectivity index (χ1v) is 6.34. The van der Waals surface area contributed by atoms with Gasteiger partial charge in [0.05, 0.1) is 7.11 Å². The number of methoxy groups -OCH3 is 1. The summed E-state index contributed by atoms with van der Waals surface area (Å²) in [5, 5.41) is 18.9. The van der Waals surface area contributed by atoms with Gasteiger partial charge in [-0.25, -0.2) is 4.79 Å². The zero-order chi connectivity index (χ0) is 15.4. The summed E-state index contributed by atoms with van der Waals surface area (Å²) in [5.41, 5.74) is 0.930. The molecular weight excluding hydrogens is 274 g/mol. The van der Waals surface area contributed by atoms with Crippen LogP contribution in [0.1, 0.15) is 5.56 Å². The second-order valence-electron chi connectivity index (χ2n) is 4.58. The normalized spacial score (nSPS) is 17.9. The van der Waals surface area contributed by atoms with Crippen LogP contribution < -0.4 is 4.74 Å². The largest absolute Gasteiger partial charge is 0.497 e. The van der Waals surface area contributed by atoms with Crippen LogP contribution in [0.5, 0.6) is 5.75 Å². The van der Waals surface area contributed by atoms with Gasteiger partial charge in [0.2, 0.25) is 0 Å². The van der Waals surface area contributed by atoms with Gasteiger partial charge >= 0.3 is 5.97 Å². The summed E-state index contributed by atoms with van der Waals surface area (Å²) in [6.07, 6.45) is 1.65. The molecule has 0 aliphatic carbocycles. The van der Waals surface area contributed by atoms with Crippen LogP contribution in [0.15, 0.2) is 48.0 Å². The van der Waals surface area contributed by atoms with Gasteiger partial charge < -0.3 is 24.6 Å². The average Bonchev–Trinajstić information content (AvgIpc) is 2.48. The Morgan fingerprint density at radius 3 is 2.57 bits per heavy atom. The highest BCUT2D eigenvalue weighted by Gasteiger charge is 2.23. The lowest BCUT2D eigenvalue weighted by Crippen LogP contribution is -2.27. The standard InChI is InChI=1S/C15H17NO5/c1-16-8-14(13(17)7-12(16)15(18)19)21-9-10-3-5-11(20-2)6-4-10/h3-8,13,17H,9H2,1-2H3,(H,18,19). The number of ether oxygens (including phenoxy) is 2. The fourth-order valence-corrected chi connectivity index (χ4v) is 1.92. The molecule has 1 aromatic carbocycles. The third-order valence-electron chi connectivity index (χ3n) is 3.09. The summed E-state index contributed by atoms with van der Waals surface area (Å²) >= 11 is 0. The third kappa shape index (κ3) is 3.55. The molecular formula is C15H17NO5. The first kappa shape index (κ1) is 14.9. The highest BCUT2D eigenvalue weighted by atomic mass is 16.5. The molecule has 1 atom stereocenters. The Hall–Kier alpha value is -2.47. The Labute approximate surface area is 122 Å². The van der Waals surface area contributed by atoms with E-state index in [-0.39, 0.29) is 12.3 Å². The number of nitrogens with zero attached hydrogens (tertiary/aromatic N) is 1. The van der Waals surface area contributed by atoms with Crippen molar-refractivity contribution in [1.82, 2.24) is 4.90 Å². The Bertz CT molecular complexity index is 576. The fraction of sp³-hybridized carbons (Fsp3) is 0.267. The molecule has 112 valence electrons. The summed E-state index contributed by atoms with van der Waals surface area (Å²) in [6.45, 7) is 0.275. The lowest BCUT2D eigenvalue weighted by molar-refractivity contribution is -0.134. The zero-order valence-electron chi connectivity index (χ0n) is 11.8. The van der Waals surface area contributed by atoms with Crippen LogP contribution >= 0.6 is 0 Å². The van der Waals surface area contributed by atoms with Crippen molar-refractivity contribution in [1.29, 1.82) is 0 Å². The Balaban J connectivity index is 2.00. The van der Waals surface area contributed by atoms with Gasteiger partial charge in [-0.2, -0.15) is 0 Å². The van der Waals surface area contributed by atoms with Crippen molar-refractivity contribution in [3.8, 4) is 5.75 Å². The smallest absolute Gasteiger partial charge is 0.352 e. The molecule has 0 saturated carbocycles. The number of hydrogen-bond acceptors (Lipinski definition) is 5. The van der Waals surface area contributed by atoms with Crippen molar-refractivity contribution in [3.63, 3.8) is 0 Å². The van der Waals surface area contributed by atoms with E-state index in [9.17, 15) is 9.90 Å². The number of aliphatic hydroxyl groups is 1. The van der Waals surface area contributed by atoms with Crippen molar-refractivity contribution in [2.75, 3.05) is 14.2 Å². The predicted octanol–water partition coefficient (Wildman–Crippen LogP) is 1.33. The maximum Gasteiger partial charge on any atom is 0.352 e. The van der Waals surface area contributed by atoms with Gasteiger partial charge in [0.25, 0.3) is 0 Å². The number of hydrogen-bond donors (Lipinski definition) is 2. The average molecular weight is 291 g/mol. The number of aliphatic hydroxyl groups excluding tert-OH is 1. The Morgan fingerprint density at radius 2 is 2.00 bits per heavy atom. The minimum atomic E-state index is -1.10. The maximum absolute atomic E-state index is 11.0. The number of carboxylic acid groups (broad SMARTS) is 1. The van der Waals surface area contributed by atoms with Crippen LogP contribution in [0.3, 0.4) is 0 Å². The van der Waals surface area contributed by atoms with Gasteiger partial charge in [-0.1, -0.05) is 12.1 Å². The molecule has 1 aliphatic rings. The third-order valence-corrected chi connectivity index (χ3v) is 3.09. The van der Waals surface area contributed by atoms with Crippen LogP contribution in [-0.4, -0.2) is 41.3 Å². The lowest BCUT2D eigenvalue weighted by atomic mass is 10.1. The first-order chi connectivity index (χ1) is 10.0. The summed E-state index contributed by atoms with van der Waals surface area (Å²) in [4.78, 5) is 12.4. The van der Waals surface area contributed by atoms with Crippen molar-refractivity contribution >= 4 is 5.97 Å². The molecule has 0 spiro atoms. The fourth-order valence-electron chi connectivity index (χ4n) is 1.92. The maximum atomic E-state index is 11.0. The van der Waals surface area contributed by atoms with E-state index in [2.05, 4.69) is 0 Å². The quantitative estimate of drug-likeness (QED) is 0.852. The van der Waals surface area contributed by atoms with E-state index in [0.29, 0.717) is 5.76 Å². The van der Waals surface area contributed by atoms with Gasteiger partial charge in [-0.15, -0.1) is 0 Å². The van der Waals surface area contributed by atoms with Crippen LogP contribution in [0.2, 0.25) is 0 Å². The molecule has 1 heterocycles. The van der Waals surface area contributed by atoms with Crippen LogP contribution in [0, 0.1) is 0 Å². The number of rotatable bonds is 5. The molecule has 6 heteroatoms. The molecule has 1 unspecified atom stereocenters. The van der Waals surface area contributed by atoms with Gasteiger partial charge in [-0.05, 0) is 23.8 Å². The van der Waals surface area contributed by atoms with Crippen LogP contribution in [0.25, 0.3) is 0 Å². The molecule has 0 bridgehead atoms. The first-order valence-electron chi connectivity index (χ1n) is 6.34. The van der Waals surface area contributed by atoms with E-state index in [1.54, 1.807) is 14.2 Å². The number of likely N-dealkylation sites (N-methyl/N-ethyl adjacent to an activating group) is 1. The second-order valence-corrected chi connectivity index (χ2v) is 4.58. The van der Waals surface area contributed by atoms with Crippen LogP contribution in [-0.2, 0) is 16.1 Å². The molecule has 0 amide bonds. The molecule has 2 rings (SSSR count). The zero-order valence-corrected chi connectivity index (χ0v) is 11.8. The topological polar surface area (TPSA) is 79.2 Å². The van der Waals surface area contributed by atoms with Gasteiger partial charge in [0, 0.05) is 13.2 Å². The monoisotopic (exact) mass is 291 g/mol. The molecule has 21 heavy (non-hydrogen) atoms. The highest BCUT2D eigenvalue weighted by molar-refractivity contribution is 5.86. The predicted molar refractivity (Wildman–Crippen MR) is 75.4 cm³/mol. The highest BCUT2D eigenvalue weighted by Crippen LogP contribution is 2.20. The molecule has 0 fully saturated rings. The Morgan fingerprint density at radius 1 is 1.33 bits per heavy atom. The molecule has 6 nitrogen and oxygen atoms in total. The molecule has 0 aromatic heterocycles.